The Labute approximate surface area is 220 Å². The van der Waals surface area contributed by atoms with Crippen LogP contribution in [0.25, 0.3) is 0 Å². The predicted octanol–water partition coefficient (Wildman–Crippen LogP) is 4.17. The number of carbonyl (C=O) groups is 2. The number of unbranched alkanes of at least 4 members (excludes halogenated alkanes) is 2. The molecule has 4 nitrogen and oxygen atoms in total. The summed E-state index contributed by atoms with van der Waals surface area (Å²) in [6.45, 7) is 4.58. The Bertz CT molecular complexity index is 734. The molecule has 0 fully saturated rings. The molecule has 0 radical (unpaired) electrons. The Morgan fingerprint density at radius 2 is 1.09 bits per heavy atom. The van der Waals surface area contributed by atoms with E-state index in [1.165, 1.54) is 25.7 Å². The Morgan fingerprint density at radius 3 is 1.39 bits per heavy atom. The molecule has 2 aromatic rings. The first-order valence-electron chi connectivity index (χ1n) is 11.4. The summed E-state index contributed by atoms with van der Waals surface area (Å²) in [6, 6.07) is 13.7. The third-order valence-corrected chi connectivity index (χ3v) is 9.13. The van der Waals surface area contributed by atoms with Crippen LogP contribution in [0.2, 0.25) is 8.87 Å². The number of benzene rings is 2. The number of carbonyl (C=O) groups excluding carboxylic acids is 2. The van der Waals surface area contributed by atoms with E-state index in [2.05, 4.69) is 39.1 Å². The van der Waals surface area contributed by atoms with Gasteiger partial charge >= 0.3 is 69.5 Å². The van der Waals surface area contributed by atoms with Gasteiger partial charge in [-0.1, -0.05) is 48.5 Å². The quantitative estimate of drug-likeness (QED) is 0.220. The van der Waals surface area contributed by atoms with Crippen LogP contribution in [-0.4, -0.2) is 44.6 Å². The molecule has 0 spiro atoms. The third kappa shape index (κ3) is 15.4. The maximum absolute atomic E-state index is 10.6. The van der Waals surface area contributed by atoms with E-state index in [1.807, 2.05) is 12.1 Å². The van der Waals surface area contributed by atoms with E-state index in [-0.39, 0.29) is 32.3 Å². The van der Waals surface area contributed by atoms with Gasteiger partial charge in [-0.15, -0.1) is 0 Å². The molecule has 2 aromatic carbocycles. The van der Waals surface area contributed by atoms with Crippen LogP contribution in [0, 0.1) is 0 Å². The van der Waals surface area contributed by atoms with Crippen molar-refractivity contribution in [3.8, 4) is 0 Å². The van der Waals surface area contributed by atoms with Crippen molar-refractivity contribution < 1.29 is 19.8 Å². The van der Waals surface area contributed by atoms with Crippen LogP contribution in [0.15, 0.2) is 48.5 Å². The number of thiol groups is 2. The molecule has 0 aromatic heterocycles. The van der Waals surface area contributed by atoms with Gasteiger partial charge in [0.1, 0.15) is 0 Å². The molecule has 0 saturated carbocycles. The van der Waals surface area contributed by atoms with Gasteiger partial charge in [0.25, 0.3) is 0 Å². The van der Waals surface area contributed by atoms with Gasteiger partial charge in [0.15, 0.2) is 0 Å². The summed E-state index contributed by atoms with van der Waals surface area (Å²) in [7, 11) is 0. The van der Waals surface area contributed by atoms with Crippen molar-refractivity contribution in [2.45, 2.75) is 61.2 Å². The first-order valence-corrected chi connectivity index (χ1v) is 16.7. The SMILES string of the molecule is CCC[CH2][Sn+2][CH2]CCC.O=C([O-])c1ccccc1CCS.O=C([O-])c1ccccc1CCS. The second kappa shape index (κ2) is 21.4. The zero-order chi connectivity index (χ0) is 24.9. The Kier molecular flexibility index (Phi) is 20.7. The molecule has 33 heavy (non-hydrogen) atoms. The molecule has 0 N–H and O–H groups in total. The fraction of sp³-hybridized carbons (Fsp3) is 0.462. The van der Waals surface area contributed by atoms with E-state index in [0.717, 1.165) is 11.1 Å². The van der Waals surface area contributed by atoms with Gasteiger partial charge in [0.2, 0.25) is 0 Å². The number of aryl methyl sites for hydroxylation is 2. The maximum atomic E-state index is 10.6. The average Bonchev–Trinajstić information content (AvgIpc) is 2.81. The van der Waals surface area contributed by atoms with Crippen LogP contribution in [0.4, 0.5) is 0 Å². The fourth-order valence-electron chi connectivity index (χ4n) is 2.84. The molecule has 2 rings (SSSR count). The predicted molar refractivity (Wildman–Crippen MR) is 142 cm³/mol. The molecule has 0 aliphatic carbocycles. The first-order chi connectivity index (χ1) is 15.9. The van der Waals surface area contributed by atoms with Gasteiger partial charge in [-0.05, 0) is 35.5 Å². The summed E-state index contributed by atoms with van der Waals surface area (Å²) in [6.07, 6.45) is 7.16. The summed E-state index contributed by atoms with van der Waals surface area (Å²) in [5, 5.41) is 21.1. The number of carboxylic acid groups (broad SMARTS) is 2. The minimum Gasteiger partial charge on any atom is -0.545 e. The van der Waals surface area contributed by atoms with Crippen molar-refractivity contribution >= 4 is 58.3 Å². The summed E-state index contributed by atoms with van der Waals surface area (Å²) in [4.78, 5) is 21.1. The van der Waals surface area contributed by atoms with Crippen LogP contribution in [0.1, 0.15) is 71.4 Å². The smallest absolute Gasteiger partial charge is 0.0718 e. The number of rotatable bonds is 12. The van der Waals surface area contributed by atoms with Gasteiger partial charge in [-0.3, -0.25) is 0 Å². The molecule has 7 heteroatoms. The van der Waals surface area contributed by atoms with E-state index >= 15 is 0 Å². The van der Waals surface area contributed by atoms with Gasteiger partial charge in [0, 0.05) is 11.1 Å². The van der Waals surface area contributed by atoms with Crippen molar-refractivity contribution in [3.63, 3.8) is 0 Å². The largest absolute Gasteiger partial charge is 0.545 e. The van der Waals surface area contributed by atoms with Crippen molar-refractivity contribution in [2.75, 3.05) is 11.5 Å². The number of aromatic carboxylic acids is 2. The van der Waals surface area contributed by atoms with E-state index in [9.17, 15) is 19.8 Å². The molecule has 0 atom stereocenters. The van der Waals surface area contributed by atoms with E-state index in [4.69, 9.17) is 0 Å². The van der Waals surface area contributed by atoms with Crippen molar-refractivity contribution in [2.24, 2.45) is 0 Å². The number of carboxylic acids is 2. The second-order valence-electron chi connectivity index (χ2n) is 7.29. The minimum absolute atomic E-state index is 0.149. The molecule has 0 heterocycles. The molecular weight excluding hydrogens is 559 g/mol. The normalized spacial score (nSPS) is 9.58. The van der Waals surface area contributed by atoms with E-state index < -0.39 is 11.9 Å². The van der Waals surface area contributed by atoms with Gasteiger partial charge in [-0.25, -0.2) is 0 Å². The summed E-state index contributed by atoms with van der Waals surface area (Å²) < 4.78 is 3.25. The van der Waals surface area contributed by atoms with Crippen LogP contribution in [0.5, 0.6) is 0 Å². The summed E-state index contributed by atoms with van der Waals surface area (Å²) in [5.74, 6) is -0.950. The molecule has 0 unspecified atom stereocenters. The molecule has 0 aliphatic heterocycles. The van der Waals surface area contributed by atoms with Crippen LogP contribution >= 0.6 is 25.3 Å². The average molecular weight is 595 g/mol. The van der Waals surface area contributed by atoms with E-state index in [1.54, 1.807) is 45.3 Å². The standard InChI is InChI=1S/2C9H10O2S.2C4H9.Sn/c2*10-9(11)8-4-2-1-3-7(8)5-6-12;2*1-3-4-2;/h2*1-4,12H,5-6H2,(H,10,11);2*1,3-4H2,2H3;/q;;;;+2/p-2. The number of hydrogen-bond donors (Lipinski definition) is 2. The molecule has 0 saturated heterocycles. The molecule has 0 bridgehead atoms. The Balaban J connectivity index is 0.000000472. The van der Waals surface area contributed by atoms with Gasteiger partial charge < -0.3 is 19.8 Å². The monoisotopic (exact) mass is 596 g/mol. The van der Waals surface area contributed by atoms with Crippen LogP contribution < -0.4 is 10.2 Å². The zero-order valence-electron chi connectivity index (χ0n) is 19.7. The van der Waals surface area contributed by atoms with Crippen molar-refractivity contribution in [3.05, 3.63) is 70.8 Å². The third-order valence-electron chi connectivity index (χ3n) is 4.65. The molecule has 0 aliphatic rings. The first kappa shape index (κ1) is 31.9. The summed E-state index contributed by atoms with van der Waals surface area (Å²) in [5.41, 5.74) is 2.11. The Hall–Kier alpha value is -1.12. The molecular formula is C26H36O4S2Sn. The van der Waals surface area contributed by atoms with E-state index in [0.29, 0.717) is 24.3 Å². The fourth-order valence-corrected chi connectivity index (χ4v) is 7.48. The maximum Gasteiger partial charge on any atom is 0.0718 e. The second-order valence-corrected chi connectivity index (χ2v) is 12.5. The van der Waals surface area contributed by atoms with Gasteiger partial charge in [-0.2, -0.15) is 25.3 Å². The van der Waals surface area contributed by atoms with Gasteiger partial charge in [0.05, 0.1) is 11.9 Å². The topological polar surface area (TPSA) is 80.3 Å². The molecule has 180 valence electrons. The summed E-state index contributed by atoms with van der Waals surface area (Å²) >= 11 is 8.22. The van der Waals surface area contributed by atoms with Crippen molar-refractivity contribution in [1.82, 2.24) is 0 Å². The Morgan fingerprint density at radius 1 is 0.727 bits per heavy atom. The van der Waals surface area contributed by atoms with Crippen LogP contribution in [-0.2, 0) is 12.8 Å². The molecule has 0 amide bonds. The van der Waals surface area contributed by atoms with Crippen molar-refractivity contribution in [1.29, 1.82) is 0 Å². The van der Waals surface area contributed by atoms with Crippen LogP contribution in [0.3, 0.4) is 0 Å². The number of hydrogen-bond acceptors (Lipinski definition) is 6. The minimum atomic E-state index is -1.12. The zero-order valence-corrected chi connectivity index (χ0v) is 24.4.